The highest BCUT2D eigenvalue weighted by Crippen LogP contribution is 2.45. The Balaban J connectivity index is 1.76. The number of aromatic nitrogens is 2. The molecule has 0 saturated carbocycles. The standard InChI is InChI=1S/C20H13N3O3/c24-23(25)14-9-10-17-13(11-14)12-21-22(17)20-15-5-1-3-7-18(15)26-19-8-4-2-6-16(19)20/h1-12,20H. The highest BCUT2D eigenvalue weighted by atomic mass is 16.6. The van der Waals surface area contributed by atoms with Gasteiger partial charge in [0.25, 0.3) is 5.69 Å². The van der Waals surface area contributed by atoms with Crippen LogP contribution < -0.4 is 4.74 Å². The van der Waals surface area contributed by atoms with E-state index < -0.39 is 4.92 Å². The van der Waals surface area contributed by atoms with E-state index in [0.29, 0.717) is 0 Å². The maximum Gasteiger partial charge on any atom is 0.270 e. The molecule has 0 amide bonds. The highest BCUT2D eigenvalue weighted by molar-refractivity contribution is 5.81. The van der Waals surface area contributed by atoms with Gasteiger partial charge in [-0.15, -0.1) is 0 Å². The fourth-order valence-electron chi connectivity index (χ4n) is 3.51. The number of para-hydroxylation sites is 2. The fraction of sp³-hybridized carbons (Fsp3) is 0.0500. The Labute approximate surface area is 148 Å². The monoisotopic (exact) mass is 343 g/mol. The summed E-state index contributed by atoms with van der Waals surface area (Å²) in [7, 11) is 0. The molecule has 6 heteroatoms. The molecule has 0 bridgehead atoms. The number of rotatable bonds is 2. The van der Waals surface area contributed by atoms with Gasteiger partial charge in [-0.2, -0.15) is 5.10 Å². The topological polar surface area (TPSA) is 70.2 Å². The Bertz CT molecular complexity index is 1120. The molecule has 2 heterocycles. The van der Waals surface area contributed by atoms with Gasteiger partial charge in [0.2, 0.25) is 0 Å². The molecule has 1 aliphatic rings. The van der Waals surface area contributed by atoms with Crippen LogP contribution >= 0.6 is 0 Å². The first kappa shape index (κ1) is 14.7. The molecule has 4 aromatic rings. The highest BCUT2D eigenvalue weighted by Gasteiger charge is 2.29. The molecule has 0 saturated heterocycles. The molecule has 0 spiro atoms. The molecule has 0 fully saturated rings. The molecular formula is C20H13N3O3. The van der Waals surface area contributed by atoms with Gasteiger partial charge in [0, 0.05) is 28.6 Å². The molecular weight excluding hydrogens is 330 g/mol. The van der Waals surface area contributed by atoms with E-state index in [1.165, 1.54) is 6.07 Å². The first-order chi connectivity index (χ1) is 12.7. The van der Waals surface area contributed by atoms with Gasteiger partial charge in [-0.05, 0) is 18.2 Å². The Kier molecular flexibility index (Phi) is 3.05. The number of ether oxygens (including phenoxy) is 1. The summed E-state index contributed by atoms with van der Waals surface area (Å²) in [6, 6.07) is 20.4. The van der Waals surface area contributed by atoms with E-state index in [1.54, 1.807) is 18.3 Å². The maximum absolute atomic E-state index is 11.0. The van der Waals surface area contributed by atoms with Crippen LogP contribution in [0.3, 0.4) is 0 Å². The van der Waals surface area contributed by atoms with Crippen molar-refractivity contribution in [1.29, 1.82) is 0 Å². The summed E-state index contributed by atoms with van der Waals surface area (Å²) in [5.41, 5.74) is 2.92. The van der Waals surface area contributed by atoms with Gasteiger partial charge in [-0.3, -0.25) is 14.8 Å². The van der Waals surface area contributed by atoms with E-state index in [0.717, 1.165) is 33.5 Å². The number of hydrogen-bond acceptors (Lipinski definition) is 4. The van der Waals surface area contributed by atoms with Crippen molar-refractivity contribution in [3.8, 4) is 11.5 Å². The first-order valence-electron chi connectivity index (χ1n) is 8.20. The van der Waals surface area contributed by atoms with Crippen LogP contribution in [0, 0.1) is 10.1 Å². The molecule has 0 radical (unpaired) electrons. The number of nitro benzene ring substituents is 1. The lowest BCUT2D eigenvalue weighted by molar-refractivity contribution is -0.384. The number of fused-ring (bicyclic) bond motifs is 3. The van der Waals surface area contributed by atoms with Crippen molar-refractivity contribution in [2.45, 2.75) is 6.04 Å². The summed E-state index contributed by atoms with van der Waals surface area (Å²) in [6.07, 6.45) is 1.67. The predicted octanol–water partition coefficient (Wildman–Crippen LogP) is 4.69. The minimum absolute atomic E-state index is 0.0600. The molecule has 126 valence electrons. The van der Waals surface area contributed by atoms with Crippen LogP contribution in [0.4, 0.5) is 5.69 Å². The van der Waals surface area contributed by atoms with E-state index in [-0.39, 0.29) is 11.7 Å². The zero-order valence-corrected chi connectivity index (χ0v) is 13.6. The first-order valence-corrected chi connectivity index (χ1v) is 8.20. The lowest BCUT2D eigenvalue weighted by Crippen LogP contribution is -2.18. The molecule has 0 atom stereocenters. The second kappa shape index (κ2) is 5.42. The third-order valence-electron chi connectivity index (χ3n) is 4.68. The summed E-state index contributed by atoms with van der Waals surface area (Å²) in [6.45, 7) is 0. The van der Waals surface area contributed by atoms with E-state index >= 15 is 0 Å². The normalized spacial score (nSPS) is 13.1. The smallest absolute Gasteiger partial charge is 0.270 e. The van der Waals surface area contributed by atoms with Crippen molar-refractivity contribution in [3.05, 3.63) is 94.2 Å². The molecule has 1 aromatic heterocycles. The Hall–Kier alpha value is -3.67. The summed E-state index contributed by atoms with van der Waals surface area (Å²) in [5, 5.41) is 16.3. The molecule has 5 rings (SSSR count). The van der Waals surface area contributed by atoms with E-state index in [1.807, 2.05) is 53.2 Å². The average Bonchev–Trinajstić information content (AvgIpc) is 3.09. The molecule has 0 unspecified atom stereocenters. The second-order valence-corrected chi connectivity index (χ2v) is 6.17. The summed E-state index contributed by atoms with van der Waals surface area (Å²) < 4.78 is 7.94. The molecule has 6 nitrogen and oxygen atoms in total. The number of non-ortho nitro benzene ring substituents is 1. The van der Waals surface area contributed by atoms with E-state index in [9.17, 15) is 10.1 Å². The largest absolute Gasteiger partial charge is 0.457 e. The fourth-order valence-corrected chi connectivity index (χ4v) is 3.51. The average molecular weight is 343 g/mol. The number of nitrogens with zero attached hydrogens (tertiary/aromatic N) is 3. The zero-order chi connectivity index (χ0) is 17.7. The minimum atomic E-state index is -0.393. The maximum atomic E-state index is 11.0. The van der Waals surface area contributed by atoms with Crippen molar-refractivity contribution in [3.63, 3.8) is 0 Å². The number of benzene rings is 3. The lowest BCUT2D eigenvalue weighted by Gasteiger charge is -2.28. The van der Waals surface area contributed by atoms with Crippen molar-refractivity contribution >= 4 is 16.6 Å². The van der Waals surface area contributed by atoms with Crippen LogP contribution in [-0.2, 0) is 0 Å². The van der Waals surface area contributed by atoms with Crippen LogP contribution in [-0.4, -0.2) is 14.7 Å². The van der Waals surface area contributed by atoms with Gasteiger partial charge >= 0.3 is 0 Å². The lowest BCUT2D eigenvalue weighted by atomic mass is 9.94. The SMILES string of the molecule is O=[N+]([O-])c1ccc2c(cnn2C2c3ccccc3Oc3ccccc32)c1. The molecule has 0 aliphatic carbocycles. The summed E-state index contributed by atoms with van der Waals surface area (Å²) in [4.78, 5) is 10.6. The van der Waals surface area contributed by atoms with Crippen LogP contribution in [0.25, 0.3) is 10.9 Å². The van der Waals surface area contributed by atoms with E-state index in [4.69, 9.17) is 4.74 Å². The molecule has 0 N–H and O–H groups in total. The number of hydrogen-bond donors (Lipinski definition) is 0. The van der Waals surface area contributed by atoms with Crippen molar-refractivity contribution < 1.29 is 9.66 Å². The quantitative estimate of drug-likeness (QED) is 0.344. The molecule has 3 aromatic carbocycles. The second-order valence-electron chi connectivity index (χ2n) is 6.17. The van der Waals surface area contributed by atoms with E-state index in [2.05, 4.69) is 5.10 Å². The number of nitro groups is 1. The van der Waals surface area contributed by atoms with Crippen molar-refractivity contribution in [2.24, 2.45) is 0 Å². The van der Waals surface area contributed by atoms with Gasteiger partial charge < -0.3 is 4.74 Å². The predicted molar refractivity (Wildman–Crippen MR) is 96.6 cm³/mol. The summed E-state index contributed by atoms with van der Waals surface area (Å²) in [5.74, 6) is 1.59. The Morgan fingerprint density at radius 1 is 0.962 bits per heavy atom. The van der Waals surface area contributed by atoms with Crippen molar-refractivity contribution in [1.82, 2.24) is 9.78 Å². The molecule has 26 heavy (non-hydrogen) atoms. The third-order valence-corrected chi connectivity index (χ3v) is 4.68. The van der Waals surface area contributed by atoms with Crippen LogP contribution in [0.1, 0.15) is 17.2 Å². The zero-order valence-electron chi connectivity index (χ0n) is 13.6. The van der Waals surface area contributed by atoms with Crippen LogP contribution in [0.2, 0.25) is 0 Å². The Morgan fingerprint density at radius 3 is 2.27 bits per heavy atom. The summed E-state index contributed by atoms with van der Waals surface area (Å²) >= 11 is 0. The van der Waals surface area contributed by atoms with Gasteiger partial charge in [0.1, 0.15) is 17.5 Å². The van der Waals surface area contributed by atoms with Gasteiger partial charge in [-0.1, -0.05) is 36.4 Å². The third kappa shape index (κ3) is 2.09. The van der Waals surface area contributed by atoms with Crippen LogP contribution in [0.15, 0.2) is 72.9 Å². The van der Waals surface area contributed by atoms with Gasteiger partial charge in [0.05, 0.1) is 16.6 Å². The Morgan fingerprint density at radius 2 is 1.62 bits per heavy atom. The van der Waals surface area contributed by atoms with Gasteiger partial charge in [0.15, 0.2) is 0 Å². The van der Waals surface area contributed by atoms with Gasteiger partial charge in [-0.25, -0.2) is 0 Å². The molecule has 1 aliphatic heterocycles. The van der Waals surface area contributed by atoms with Crippen molar-refractivity contribution in [2.75, 3.05) is 0 Å². The minimum Gasteiger partial charge on any atom is -0.457 e. The van der Waals surface area contributed by atoms with Crippen LogP contribution in [0.5, 0.6) is 11.5 Å².